The third-order valence-electron chi connectivity index (χ3n) is 3.09. The van der Waals surface area contributed by atoms with E-state index in [2.05, 4.69) is 51.0 Å². The Morgan fingerprint density at radius 1 is 1.39 bits per heavy atom. The molecule has 0 unspecified atom stereocenters. The van der Waals surface area contributed by atoms with Crippen molar-refractivity contribution in [3.63, 3.8) is 0 Å². The van der Waals surface area contributed by atoms with E-state index in [9.17, 15) is 0 Å². The van der Waals surface area contributed by atoms with E-state index in [1.807, 2.05) is 11.3 Å². The second-order valence-electron chi connectivity index (χ2n) is 5.42. The summed E-state index contributed by atoms with van der Waals surface area (Å²) in [5.41, 5.74) is 1.50. The van der Waals surface area contributed by atoms with Crippen molar-refractivity contribution in [2.75, 3.05) is 13.6 Å². The summed E-state index contributed by atoms with van der Waals surface area (Å²) >= 11 is 1.93. The first-order valence-corrected chi connectivity index (χ1v) is 7.84. The predicted octanol–water partition coefficient (Wildman–Crippen LogP) is 3.79. The Morgan fingerprint density at radius 2 is 2.11 bits per heavy atom. The van der Waals surface area contributed by atoms with E-state index in [1.165, 1.54) is 34.7 Å². The molecule has 0 aliphatic heterocycles. The van der Waals surface area contributed by atoms with Gasteiger partial charge in [0.1, 0.15) is 0 Å². The molecule has 0 aliphatic rings. The van der Waals surface area contributed by atoms with Gasteiger partial charge in [0.05, 0.1) is 0 Å². The van der Waals surface area contributed by atoms with Crippen LogP contribution in [0, 0.1) is 6.92 Å². The fourth-order valence-corrected chi connectivity index (χ4v) is 2.94. The zero-order valence-electron chi connectivity index (χ0n) is 12.5. The molecule has 0 saturated heterocycles. The van der Waals surface area contributed by atoms with Crippen LogP contribution in [0.2, 0.25) is 0 Å². The monoisotopic (exact) mass is 268 g/mol. The summed E-state index contributed by atoms with van der Waals surface area (Å²) in [5.74, 6) is 0. The largest absolute Gasteiger partial charge is 0.310 e. The molecule has 0 aliphatic carbocycles. The molecule has 1 rings (SSSR count). The molecule has 0 aromatic carbocycles. The smallest absolute Gasteiger partial charge is 0.0302 e. The Balaban J connectivity index is 2.50. The molecule has 0 spiro atoms. The number of nitrogens with one attached hydrogen (secondary N) is 1. The van der Waals surface area contributed by atoms with Crippen LogP contribution in [-0.2, 0) is 13.1 Å². The molecule has 0 saturated carbocycles. The number of thiophene rings is 1. The topological polar surface area (TPSA) is 15.3 Å². The second-order valence-corrected chi connectivity index (χ2v) is 6.76. The second kappa shape index (κ2) is 7.93. The van der Waals surface area contributed by atoms with Crippen LogP contribution in [0.5, 0.6) is 0 Å². The van der Waals surface area contributed by atoms with Crippen LogP contribution in [0.3, 0.4) is 0 Å². The van der Waals surface area contributed by atoms with Crippen molar-refractivity contribution in [1.29, 1.82) is 0 Å². The molecule has 1 heterocycles. The highest BCUT2D eigenvalue weighted by atomic mass is 32.1. The van der Waals surface area contributed by atoms with Crippen molar-refractivity contribution < 1.29 is 0 Å². The van der Waals surface area contributed by atoms with Gasteiger partial charge in [-0.1, -0.05) is 27.2 Å². The Morgan fingerprint density at radius 3 is 2.72 bits per heavy atom. The highest BCUT2D eigenvalue weighted by Crippen LogP contribution is 2.22. The minimum atomic E-state index is 0.558. The third kappa shape index (κ3) is 5.51. The number of rotatable bonds is 8. The molecule has 2 nitrogen and oxygen atoms in total. The van der Waals surface area contributed by atoms with E-state index in [0.29, 0.717) is 6.04 Å². The maximum absolute atomic E-state index is 3.49. The van der Waals surface area contributed by atoms with Gasteiger partial charge < -0.3 is 10.2 Å². The summed E-state index contributed by atoms with van der Waals surface area (Å²) in [6.07, 6.45) is 2.57. The highest BCUT2D eigenvalue weighted by molar-refractivity contribution is 7.12. The van der Waals surface area contributed by atoms with E-state index in [4.69, 9.17) is 0 Å². The van der Waals surface area contributed by atoms with E-state index < -0.39 is 0 Å². The van der Waals surface area contributed by atoms with Gasteiger partial charge in [0.25, 0.3) is 0 Å². The quantitative estimate of drug-likeness (QED) is 0.772. The van der Waals surface area contributed by atoms with Crippen molar-refractivity contribution in [1.82, 2.24) is 10.2 Å². The number of hydrogen-bond acceptors (Lipinski definition) is 3. The van der Waals surface area contributed by atoms with Crippen LogP contribution in [0.25, 0.3) is 0 Å². The first kappa shape index (κ1) is 15.7. The van der Waals surface area contributed by atoms with Gasteiger partial charge in [-0.05, 0) is 38.6 Å². The van der Waals surface area contributed by atoms with Crippen LogP contribution in [-0.4, -0.2) is 24.5 Å². The minimum Gasteiger partial charge on any atom is -0.310 e. The van der Waals surface area contributed by atoms with Crippen molar-refractivity contribution in [3.8, 4) is 0 Å². The highest BCUT2D eigenvalue weighted by Gasteiger charge is 2.08. The maximum Gasteiger partial charge on any atom is 0.0302 e. The van der Waals surface area contributed by atoms with Crippen LogP contribution >= 0.6 is 11.3 Å². The first-order chi connectivity index (χ1) is 8.52. The molecule has 3 heteroatoms. The van der Waals surface area contributed by atoms with Crippen LogP contribution in [0.1, 0.15) is 48.9 Å². The van der Waals surface area contributed by atoms with Gasteiger partial charge in [-0.25, -0.2) is 0 Å². The van der Waals surface area contributed by atoms with Crippen LogP contribution in [0.4, 0.5) is 0 Å². The Hall–Kier alpha value is -0.380. The molecule has 0 radical (unpaired) electrons. The number of unbranched alkanes of at least 4 members (excludes halogenated alkanes) is 1. The molecule has 1 aromatic rings. The fourth-order valence-electron chi connectivity index (χ4n) is 1.93. The molecule has 0 amide bonds. The summed E-state index contributed by atoms with van der Waals surface area (Å²) in [6.45, 7) is 12.2. The van der Waals surface area contributed by atoms with E-state index >= 15 is 0 Å². The first-order valence-electron chi connectivity index (χ1n) is 7.03. The molecule has 1 N–H and O–H groups in total. The third-order valence-corrected chi connectivity index (χ3v) is 4.18. The lowest BCUT2D eigenvalue weighted by molar-refractivity contribution is 0.320. The lowest BCUT2D eigenvalue weighted by Crippen LogP contribution is -2.21. The summed E-state index contributed by atoms with van der Waals surface area (Å²) in [5, 5.41) is 3.49. The Bertz CT molecular complexity index is 344. The Kier molecular flexibility index (Phi) is 6.90. The molecule has 0 fully saturated rings. The molecule has 18 heavy (non-hydrogen) atoms. The zero-order valence-corrected chi connectivity index (χ0v) is 13.4. The summed E-state index contributed by atoms with van der Waals surface area (Å²) < 4.78 is 0. The molecular weight excluding hydrogens is 240 g/mol. The van der Waals surface area contributed by atoms with Gasteiger partial charge >= 0.3 is 0 Å². The SMILES string of the molecule is CCCCN(C)Cc1cc(CNC(C)C)sc1C. The average molecular weight is 268 g/mol. The van der Waals surface area contributed by atoms with Crippen molar-refractivity contribution >= 4 is 11.3 Å². The van der Waals surface area contributed by atoms with Gasteiger partial charge in [0, 0.05) is 28.9 Å². The molecule has 1 aromatic heterocycles. The molecule has 104 valence electrons. The van der Waals surface area contributed by atoms with Gasteiger partial charge in [-0.15, -0.1) is 11.3 Å². The normalized spacial score (nSPS) is 11.7. The van der Waals surface area contributed by atoms with Gasteiger partial charge in [0.15, 0.2) is 0 Å². The summed E-state index contributed by atoms with van der Waals surface area (Å²) in [4.78, 5) is 5.36. The van der Waals surface area contributed by atoms with Gasteiger partial charge in [0.2, 0.25) is 0 Å². The summed E-state index contributed by atoms with van der Waals surface area (Å²) in [6, 6.07) is 2.93. The predicted molar refractivity (Wildman–Crippen MR) is 82.3 cm³/mol. The maximum atomic E-state index is 3.49. The fraction of sp³-hybridized carbons (Fsp3) is 0.733. The van der Waals surface area contributed by atoms with Crippen molar-refractivity contribution in [2.45, 2.75) is 59.7 Å². The van der Waals surface area contributed by atoms with E-state index in [0.717, 1.165) is 13.1 Å². The van der Waals surface area contributed by atoms with Gasteiger partial charge in [-0.3, -0.25) is 0 Å². The standard InChI is InChI=1S/C15H28N2S/c1-6-7-8-17(5)11-14-9-15(18-13(14)4)10-16-12(2)3/h9,12,16H,6-8,10-11H2,1-5H3. The number of hydrogen-bond donors (Lipinski definition) is 1. The Labute approximate surface area is 116 Å². The van der Waals surface area contributed by atoms with Crippen molar-refractivity contribution in [3.05, 3.63) is 21.4 Å². The lowest BCUT2D eigenvalue weighted by atomic mass is 10.2. The number of aryl methyl sites for hydroxylation is 1. The summed E-state index contributed by atoms with van der Waals surface area (Å²) in [7, 11) is 2.22. The van der Waals surface area contributed by atoms with E-state index in [1.54, 1.807) is 0 Å². The minimum absolute atomic E-state index is 0.558. The average Bonchev–Trinajstić information content (AvgIpc) is 2.65. The molecular formula is C15H28N2S. The number of nitrogens with zero attached hydrogens (tertiary/aromatic N) is 1. The van der Waals surface area contributed by atoms with Gasteiger partial charge in [-0.2, -0.15) is 0 Å². The molecule has 0 atom stereocenters. The van der Waals surface area contributed by atoms with Crippen LogP contribution < -0.4 is 5.32 Å². The lowest BCUT2D eigenvalue weighted by Gasteiger charge is -2.15. The van der Waals surface area contributed by atoms with E-state index in [-0.39, 0.29) is 0 Å². The zero-order chi connectivity index (χ0) is 13.5. The van der Waals surface area contributed by atoms with Crippen LogP contribution in [0.15, 0.2) is 6.07 Å². The van der Waals surface area contributed by atoms with Crippen molar-refractivity contribution in [2.24, 2.45) is 0 Å². The molecule has 0 bridgehead atoms.